The van der Waals surface area contributed by atoms with Crippen molar-refractivity contribution >= 4 is 11.7 Å². The highest BCUT2D eigenvalue weighted by Gasteiger charge is 2.12. The molecule has 1 aromatic carbocycles. The normalized spacial score (nSPS) is 10.7. The number of carbonyl (C=O) groups excluding carboxylic acids is 1. The SMILES string of the molecule is CNc1ncc(F)cc1C(=O)NCCCN(C)Cc1ccccc1. The first-order valence-electron chi connectivity index (χ1n) is 7.94. The number of benzene rings is 1. The summed E-state index contributed by atoms with van der Waals surface area (Å²) >= 11 is 0. The summed E-state index contributed by atoms with van der Waals surface area (Å²) in [4.78, 5) is 18.2. The first kappa shape index (κ1) is 17.9. The molecule has 0 aliphatic carbocycles. The second-order valence-corrected chi connectivity index (χ2v) is 5.63. The van der Waals surface area contributed by atoms with Gasteiger partial charge in [0.1, 0.15) is 11.6 Å². The molecule has 0 aliphatic heterocycles. The molecule has 0 saturated heterocycles. The smallest absolute Gasteiger partial charge is 0.255 e. The molecule has 2 rings (SSSR count). The van der Waals surface area contributed by atoms with Crippen LogP contribution in [0.15, 0.2) is 42.6 Å². The first-order chi connectivity index (χ1) is 11.6. The van der Waals surface area contributed by atoms with E-state index in [1.165, 1.54) is 11.6 Å². The van der Waals surface area contributed by atoms with Crippen LogP contribution in [0, 0.1) is 5.82 Å². The fourth-order valence-electron chi connectivity index (χ4n) is 2.43. The van der Waals surface area contributed by atoms with Crippen LogP contribution in [0.3, 0.4) is 0 Å². The quantitative estimate of drug-likeness (QED) is 0.730. The molecule has 6 heteroatoms. The summed E-state index contributed by atoms with van der Waals surface area (Å²) in [6.45, 7) is 2.25. The van der Waals surface area contributed by atoms with E-state index in [4.69, 9.17) is 0 Å². The monoisotopic (exact) mass is 330 g/mol. The number of pyridine rings is 1. The summed E-state index contributed by atoms with van der Waals surface area (Å²) in [5.41, 5.74) is 1.48. The van der Waals surface area contributed by atoms with Gasteiger partial charge in [-0.25, -0.2) is 9.37 Å². The summed E-state index contributed by atoms with van der Waals surface area (Å²) in [6, 6.07) is 11.4. The van der Waals surface area contributed by atoms with Crippen molar-refractivity contribution in [1.29, 1.82) is 0 Å². The summed E-state index contributed by atoms with van der Waals surface area (Å²) in [5, 5.41) is 5.60. The van der Waals surface area contributed by atoms with Gasteiger partial charge in [0, 0.05) is 20.1 Å². The topological polar surface area (TPSA) is 57.3 Å². The predicted octanol–water partition coefficient (Wildman–Crippen LogP) is 2.51. The van der Waals surface area contributed by atoms with Crippen molar-refractivity contribution in [3.63, 3.8) is 0 Å². The van der Waals surface area contributed by atoms with Gasteiger partial charge in [0.05, 0.1) is 11.8 Å². The van der Waals surface area contributed by atoms with Crippen molar-refractivity contribution in [3.05, 3.63) is 59.5 Å². The molecular weight excluding hydrogens is 307 g/mol. The van der Waals surface area contributed by atoms with Crippen LogP contribution < -0.4 is 10.6 Å². The molecule has 0 unspecified atom stereocenters. The van der Waals surface area contributed by atoms with Crippen molar-refractivity contribution in [2.45, 2.75) is 13.0 Å². The zero-order valence-electron chi connectivity index (χ0n) is 14.1. The molecule has 0 fully saturated rings. The number of carbonyl (C=O) groups is 1. The van der Waals surface area contributed by atoms with Crippen LogP contribution in [0.25, 0.3) is 0 Å². The fourth-order valence-corrected chi connectivity index (χ4v) is 2.43. The maximum Gasteiger partial charge on any atom is 0.255 e. The lowest BCUT2D eigenvalue weighted by atomic mass is 10.2. The Morgan fingerprint density at radius 1 is 1.29 bits per heavy atom. The van der Waals surface area contributed by atoms with E-state index < -0.39 is 5.82 Å². The highest BCUT2D eigenvalue weighted by molar-refractivity contribution is 5.98. The fraction of sp³-hybridized carbons (Fsp3) is 0.333. The van der Waals surface area contributed by atoms with Gasteiger partial charge in [0.2, 0.25) is 0 Å². The van der Waals surface area contributed by atoms with Crippen LogP contribution in [0.4, 0.5) is 10.2 Å². The highest BCUT2D eigenvalue weighted by atomic mass is 19.1. The maximum atomic E-state index is 13.3. The van der Waals surface area contributed by atoms with Crippen molar-refractivity contribution in [1.82, 2.24) is 15.2 Å². The molecule has 0 aliphatic rings. The van der Waals surface area contributed by atoms with Crippen LogP contribution >= 0.6 is 0 Å². The third-order valence-corrected chi connectivity index (χ3v) is 3.63. The van der Waals surface area contributed by atoms with E-state index in [1.807, 2.05) is 25.2 Å². The molecular formula is C18H23FN4O. The zero-order chi connectivity index (χ0) is 17.4. The van der Waals surface area contributed by atoms with Gasteiger partial charge in [-0.2, -0.15) is 0 Å². The number of anilines is 1. The number of halogens is 1. The lowest BCUT2D eigenvalue weighted by Gasteiger charge is -2.17. The molecule has 128 valence electrons. The average molecular weight is 330 g/mol. The van der Waals surface area contributed by atoms with Gasteiger partial charge in [0.15, 0.2) is 0 Å². The van der Waals surface area contributed by atoms with Crippen LogP contribution in [0.5, 0.6) is 0 Å². The lowest BCUT2D eigenvalue weighted by Crippen LogP contribution is -2.28. The molecule has 0 bridgehead atoms. The van der Waals surface area contributed by atoms with Gasteiger partial charge in [-0.1, -0.05) is 30.3 Å². The van der Waals surface area contributed by atoms with Gasteiger partial charge < -0.3 is 15.5 Å². The molecule has 1 aromatic heterocycles. The van der Waals surface area contributed by atoms with E-state index in [9.17, 15) is 9.18 Å². The van der Waals surface area contributed by atoms with Gasteiger partial charge in [-0.05, 0) is 31.6 Å². The van der Waals surface area contributed by atoms with E-state index in [0.717, 1.165) is 25.7 Å². The minimum Gasteiger partial charge on any atom is -0.372 e. The third-order valence-electron chi connectivity index (χ3n) is 3.63. The molecule has 24 heavy (non-hydrogen) atoms. The minimum atomic E-state index is -0.526. The largest absolute Gasteiger partial charge is 0.372 e. The van der Waals surface area contributed by atoms with E-state index in [0.29, 0.717) is 12.4 Å². The highest BCUT2D eigenvalue weighted by Crippen LogP contribution is 2.12. The molecule has 2 aromatic rings. The van der Waals surface area contributed by atoms with Gasteiger partial charge in [-0.3, -0.25) is 4.79 Å². The van der Waals surface area contributed by atoms with Crippen LogP contribution in [-0.4, -0.2) is 43.0 Å². The Morgan fingerprint density at radius 3 is 2.75 bits per heavy atom. The summed E-state index contributed by atoms with van der Waals surface area (Å²) in [6.07, 6.45) is 1.90. The Balaban J connectivity index is 1.76. The Kier molecular flexibility index (Phi) is 6.69. The Bertz CT molecular complexity index is 663. The third kappa shape index (κ3) is 5.31. The zero-order valence-corrected chi connectivity index (χ0v) is 14.1. The van der Waals surface area contributed by atoms with Gasteiger partial charge >= 0.3 is 0 Å². The molecule has 1 amide bonds. The van der Waals surface area contributed by atoms with Crippen molar-refractivity contribution < 1.29 is 9.18 Å². The maximum absolute atomic E-state index is 13.3. The Morgan fingerprint density at radius 2 is 2.04 bits per heavy atom. The van der Waals surface area contributed by atoms with E-state index >= 15 is 0 Å². The molecule has 5 nitrogen and oxygen atoms in total. The molecule has 0 atom stereocenters. The summed E-state index contributed by atoms with van der Waals surface area (Å²) in [5.74, 6) is -0.478. The summed E-state index contributed by atoms with van der Waals surface area (Å²) < 4.78 is 13.3. The van der Waals surface area contributed by atoms with Crippen LogP contribution in [0.1, 0.15) is 22.3 Å². The Labute approximate surface area is 141 Å². The van der Waals surface area contributed by atoms with Crippen LogP contribution in [-0.2, 0) is 6.54 Å². The Hall–Kier alpha value is -2.47. The first-order valence-corrected chi connectivity index (χ1v) is 7.94. The lowest BCUT2D eigenvalue weighted by molar-refractivity contribution is 0.0952. The number of hydrogen-bond donors (Lipinski definition) is 2. The number of aromatic nitrogens is 1. The number of hydrogen-bond acceptors (Lipinski definition) is 4. The van der Waals surface area contributed by atoms with Crippen molar-refractivity contribution in [3.8, 4) is 0 Å². The van der Waals surface area contributed by atoms with Gasteiger partial charge in [-0.15, -0.1) is 0 Å². The van der Waals surface area contributed by atoms with E-state index in [-0.39, 0.29) is 11.5 Å². The van der Waals surface area contributed by atoms with E-state index in [2.05, 4.69) is 32.7 Å². The number of amides is 1. The van der Waals surface area contributed by atoms with Gasteiger partial charge in [0.25, 0.3) is 5.91 Å². The molecule has 0 spiro atoms. The molecule has 0 saturated carbocycles. The standard InChI is InChI=1S/C18H23FN4O/c1-20-17-16(11-15(19)12-22-17)18(24)21-9-6-10-23(2)13-14-7-4-3-5-8-14/h3-5,7-8,11-12H,6,9-10,13H2,1-2H3,(H,20,22)(H,21,24). The second-order valence-electron chi connectivity index (χ2n) is 5.63. The van der Waals surface area contributed by atoms with Crippen molar-refractivity contribution in [2.75, 3.05) is 32.5 Å². The summed E-state index contributed by atoms with van der Waals surface area (Å²) in [7, 11) is 3.69. The number of nitrogens with zero attached hydrogens (tertiary/aromatic N) is 2. The van der Waals surface area contributed by atoms with E-state index in [1.54, 1.807) is 7.05 Å². The van der Waals surface area contributed by atoms with Crippen LogP contribution in [0.2, 0.25) is 0 Å². The minimum absolute atomic E-state index is 0.218. The van der Waals surface area contributed by atoms with Crippen molar-refractivity contribution in [2.24, 2.45) is 0 Å². The number of rotatable bonds is 8. The molecule has 2 N–H and O–H groups in total. The number of nitrogens with one attached hydrogen (secondary N) is 2. The molecule has 1 heterocycles. The predicted molar refractivity (Wildman–Crippen MR) is 93.5 cm³/mol. The average Bonchev–Trinajstić information content (AvgIpc) is 2.59. The molecule has 0 radical (unpaired) electrons. The second kappa shape index (κ2) is 8.98.